The normalized spacial score (nSPS) is 33.1. The summed E-state index contributed by atoms with van der Waals surface area (Å²) in [4.78, 5) is 11.3. The highest BCUT2D eigenvalue weighted by Gasteiger charge is 2.50. The molecule has 2 rings (SSSR count). The van der Waals surface area contributed by atoms with E-state index in [0.717, 1.165) is 24.7 Å². The van der Waals surface area contributed by atoms with Crippen LogP contribution in [-0.4, -0.2) is 9.58 Å². The maximum atomic E-state index is 11.3. The first kappa shape index (κ1) is 12.7. The third-order valence-corrected chi connectivity index (χ3v) is 5.11. The molecule has 0 heterocycles. The largest absolute Gasteiger partial charge is 0.451 e. The maximum Gasteiger partial charge on any atom is 0.367 e. The molecule has 0 spiro atoms. The second-order valence-electron chi connectivity index (χ2n) is 5.39. The van der Waals surface area contributed by atoms with E-state index in [4.69, 9.17) is 4.74 Å². The molecular formula is C13H21IO2. The third kappa shape index (κ3) is 2.12. The molecule has 0 N–H and O–H groups in total. The van der Waals surface area contributed by atoms with E-state index in [-0.39, 0.29) is 9.58 Å². The number of hydrogen-bond acceptors (Lipinski definition) is 2. The van der Waals surface area contributed by atoms with Gasteiger partial charge in [0.1, 0.15) is 5.60 Å². The first-order valence-electron chi connectivity index (χ1n) is 6.49. The van der Waals surface area contributed by atoms with Gasteiger partial charge in [0.2, 0.25) is 0 Å². The van der Waals surface area contributed by atoms with Crippen LogP contribution in [0.2, 0.25) is 0 Å². The Kier molecular flexibility index (Phi) is 3.82. The lowest BCUT2D eigenvalue weighted by Crippen LogP contribution is -2.43. The fourth-order valence-electron chi connectivity index (χ4n) is 4.04. The van der Waals surface area contributed by atoms with E-state index in [9.17, 15) is 4.79 Å². The number of hydrogen-bond donors (Lipinski definition) is 0. The zero-order valence-corrected chi connectivity index (χ0v) is 12.3. The number of carbonyl (C=O) groups is 1. The molecule has 2 saturated carbocycles. The Morgan fingerprint density at radius 2 is 2.00 bits per heavy atom. The van der Waals surface area contributed by atoms with Crippen molar-refractivity contribution in [2.75, 3.05) is 0 Å². The van der Waals surface area contributed by atoms with Gasteiger partial charge in [-0.1, -0.05) is 20.3 Å². The molecule has 0 aromatic carbocycles. The summed E-state index contributed by atoms with van der Waals surface area (Å²) in [5.41, 5.74) is -0.169. The zero-order valence-electron chi connectivity index (χ0n) is 10.2. The summed E-state index contributed by atoms with van der Waals surface area (Å²) in [6.07, 6.45) is 7.36. The van der Waals surface area contributed by atoms with Crippen molar-refractivity contribution in [2.45, 2.75) is 58.0 Å². The van der Waals surface area contributed by atoms with Crippen LogP contribution in [0.3, 0.4) is 0 Å². The van der Waals surface area contributed by atoms with E-state index in [1.165, 1.54) is 25.7 Å². The van der Waals surface area contributed by atoms with Crippen molar-refractivity contribution in [3.63, 3.8) is 0 Å². The molecule has 0 aromatic heterocycles. The summed E-state index contributed by atoms with van der Waals surface area (Å²) < 4.78 is 5.59. The summed E-state index contributed by atoms with van der Waals surface area (Å²) >= 11 is 1.77. The lowest BCUT2D eigenvalue weighted by Gasteiger charge is -2.40. The SMILES string of the molecule is CCC(CC)(OC(=O)I)C1CC2CCC1C2. The molecule has 0 amide bonds. The number of halogens is 1. The average molecular weight is 336 g/mol. The zero-order chi connectivity index (χ0) is 11.8. The molecule has 3 heteroatoms. The first-order valence-corrected chi connectivity index (χ1v) is 7.57. The standard InChI is InChI=1S/C13H21IO2/c1-3-13(4-2,16-12(14)15)11-8-9-5-6-10(11)7-9/h9-11H,3-8H2,1-2H3. The Balaban J connectivity index is 2.15. The van der Waals surface area contributed by atoms with E-state index in [2.05, 4.69) is 13.8 Å². The highest BCUT2D eigenvalue weighted by Crippen LogP contribution is 2.54. The summed E-state index contributed by atoms with van der Waals surface area (Å²) in [5, 5.41) is 0. The Hall–Kier alpha value is 0.200. The smallest absolute Gasteiger partial charge is 0.367 e. The van der Waals surface area contributed by atoms with Crippen molar-refractivity contribution in [3.8, 4) is 0 Å². The molecule has 16 heavy (non-hydrogen) atoms. The van der Waals surface area contributed by atoms with Gasteiger partial charge in [0.25, 0.3) is 0 Å². The second kappa shape index (κ2) is 4.83. The van der Waals surface area contributed by atoms with E-state index < -0.39 is 0 Å². The Morgan fingerprint density at radius 3 is 2.38 bits per heavy atom. The predicted molar refractivity (Wildman–Crippen MR) is 72.8 cm³/mol. The lowest BCUT2D eigenvalue weighted by molar-refractivity contribution is -0.0464. The monoisotopic (exact) mass is 336 g/mol. The predicted octanol–water partition coefficient (Wildman–Crippen LogP) is 4.55. The van der Waals surface area contributed by atoms with E-state index in [1.54, 1.807) is 22.6 Å². The minimum absolute atomic E-state index is 0.135. The van der Waals surface area contributed by atoms with Gasteiger partial charge in [0.05, 0.1) is 22.6 Å². The molecular weight excluding hydrogens is 315 g/mol. The van der Waals surface area contributed by atoms with Crippen LogP contribution in [-0.2, 0) is 4.74 Å². The molecule has 2 bridgehead atoms. The number of carbonyl (C=O) groups excluding carboxylic acids is 1. The van der Waals surface area contributed by atoms with Crippen LogP contribution in [0.25, 0.3) is 0 Å². The molecule has 0 radical (unpaired) electrons. The van der Waals surface area contributed by atoms with Gasteiger partial charge in [-0.2, -0.15) is 0 Å². The molecule has 0 aromatic rings. The van der Waals surface area contributed by atoms with Crippen LogP contribution < -0.4 is 0 Å². The van der Waals surface area contributed by atoms with Gasteiger partial charge < -0.3 is 4.74 Å². The Bertz CT molecular complexity index is 273. The number of rotatable bonds is 4. The molecule has 2 fully saturated rings. The fraction of sp³-hybridized carbons (Fsp3) is 0.923. The van der Waals surface area contributed by atoms with Gasteiger partial charge in [-0.05, 0) is 43.9 Å². The van der Waals surface area contributed by atoms with Crippen molar-refractivity contribution < 1.29 is 9.53 Å². The van der Waals surface area contributed by atoms with Crippen molar-refractivity contribution >= 4 is 26.6 Å². The molecule has 3 unspecified atom stereocenters. The van der Waals surface area contributed by atoms with Gasteiger partial charge >= 0.3 is 3.98 Å². The van der Waals surface area contributed by atoms with Gasteiger partial charge in [-0.25, -0.2) is 4.79 Å². The van der Waals surface area contributed by atoms with Gasteiger partial charge in [-0.3, -0.25) is 0 Å². The minimum atomic E-state index is -0.169. The van der Waals surface area contributed by atoms with Crippen molar-refractivity contribution in [1.82, 2.24) is 0 Å². The number of ether oxygens (including phenoxy) is 1. The molecule has 0 aliphatic heterocycles. The van der Waals surface area contributed by atoms with Crippen LogP contribution >= 0.6 is 22.6 Å². The summed E-state index contributed by atoms with van der Waals surface area (Å²) in [7, 11) is 0. The summed E-state index contributed by atoms with van der Waals surface area (Å²) in [6, 6.07) is 0. The highest BCUT2D eigenvalue weighted by atomic mass is 127. The molecule has 92 valence electrons. The van der Waals surface area contributed by atoms with Crippen molar-refractivity contribution in [2.24, 2.45) is 17.8 Å². The van der Waals surface area contributed by atoms with Crippen LogP contribution in [0.4, 0.5) is 4.79 Å². The molecule has 2 aliphatic rings. The van der Waals surface area contributed by atoms with E-state index in [1.807, 2.05) is 0 Å². The number of fused-ring (bicyclic) bond motifs is 2. The van der Waals surface area contributed by atoms with Gasteiger partial charge in [0, 0.05) is 5.92 Å². The Morgan fingerprint density at radius 1 is 1.31 bits per heavy atom. The quantitative estimate of drug-likeness (QED) is 0.556. The highest BCUT2D eigenvalue weighted by molar-refractivity contribution is 14.1. The lowest BCUT2D eigenvalue weighted by atomic mass is 9.73. The molecule has 2 aliphatic carbocycles. The van der Waals surface area contributed by atoms with Gasteiger partial charge in [0.15, 0.2) is 0 Å². The third-order valence-electron chi connectivity index (χ3n) is 4.89. The Labute approximate surface area is 112 Å². The van der Waals surface area contributed by atoms with E-state index >= 15 is 0 Å². The summed E-state index contributed by atoms with van der Waals surface area (Å²) in [5.74, 6) is 2.36. The van der Waals surface area contributed by atoms with Gasteiger partial charge in [-0.15, -0.1) is 0 Å². The molecule has 2 nitrogen and oxygen atoms in total. The molecule has 3 atom stereocenters. The van der Waals surface area contributed by atoms with Crippen molar-refractivity contribution in [1.29, 1.82) is 0 Å². The van der Waals surface area contributed by atoms with Crippen LogP contribution in [0.15, 0.2) is 0 Å². The fourth-order valence-corrected chi connectivity index (χ4v) is 4.48. The maximum absolute atomic E-state index is 11.3. The summed E-state index contributed by atoms with van der Waals surface area (Å²) in [6.45, 7) is 4.32. The average Bonchev–Trinajstić information content (AvgIpc) is 2.87. The van der Waals surface area contributed by atoms with Crippen LogP contribution in [0, 0.1) is 17.8 Å². The van der Waals surface area contributed by atoms with E-state index in [0.29, 0.717) is 5.92 Å². The molecule has 0 saturated heterocycles. The van der Waals surface area contributed by atoms with Crippen molar-refractivity contribution in [3.05, 3.63) is 0 Å². The topological polar surface area (TPSA) is 26.3 Å². The van der Waals surface area contributed by atoms with Crippen LogP contribution in [0.1, 0.15) is 52.4 Å². The second-order valence-corrected chi connectivity index (χ2v) is 6.27. The van der Waals surface area contributed by atoms with Crippen LogP contribution in [0.5, 0.6) is 0 Å². The minimum Gasteiger partial charge on any atom is -0.451 e. The first-order chi connectivity index (χ1) is 7.61.